The molecule has 0 aliphatic carbocycles. The predicted octanol–water partition coefficient (Wildman–Crippen LogP) is -1.29. The summed E-state index contributed by atoms with van der Waals surface area (Å²) in [6.07, 6.45) is -0.380. The van der Waals surface area contributed by atoms with Gasteiger partial charge in [-0.15, -0.1) is 12.4 Å². The second kappa shape index (κ2) is 8.41. The first-order valence-corrected chi connectivity index (χ1v) is 6.60. The molecular formula is C12H22ClN3O4. The molecule has 0 bridgehead atoms. The molecule has 116 valence electrons. The molecule has 2 heterocycles. The lowest BCUT2D eigenvalue weighted by Crippen LogP contribution is -2.56. The van der Waals surface area contributed by atoms with E-state index in [-0.39, 0.29) is 36.9 Å². The molecule has 7 nitrogen and oxygen atoms in total. The van der Waals surface area contributed by atoms with Crippen LogP contribution in [0.1, 0.15) is 0 Å². The van der Waals surface area contributed by atoms with E-state index in [4.69, 9.17) is 9.47 Å². The maximum Gasteiger partial charge on any atom is 0.253 e. The fourth-order valence-corrected chi connectivity index (χ4v) is 2.32. The largest absolute Gasteiger partial charge is 0.375 e. The van der Waals surface area contributed by atoms with Gasteiger partial charge >= 0.3 is 0 Å². The molecule has 2 saturated heterocycles. The Hall–Kier alpha value is -0.890. The van der Waals surface area contributed by atoms with Gasteiger partial charge in [-0.3, -0.25) is 9.59 Å². The Morgan fingerprint density at radius 3 is 2.45 bits per heavy atom. The molecule has 8 heteroatoms. The average molecular weight is 308 g/mol. The van der Waals surface area contributed by atoms with E-state index in [9.17, 15) is 9.59 Å². The Morgan fingerprint density at radius 1 is 1.25 bits per heavy atom. The molecule has 0 spiro atoms. The van der Waals surface area contributed by atoms with Gasteiger partial charge in [0.25, 0.3) is 5.91 Å². The van der Waals surface area contributed by atoms with Crippen molar-refractivity contribution in [1.82, 2.24) is 15.1 Å². The van der Waals surface area contributed by atoms with Crippen molar-refractivity contribution < 1.29 is 19.1 Å². The van der Waals surface area contributed by atoms with E-state index in [0.29, 0.717) is 39.3 Å². The first-order valence-electron chi connectivity index (χ1n) is 6.60. The van der Waals surface area contributed by atoms with Gasteiger partial charge in [-0.25, -0.2) is 0 Å². The second-order valence-corrected chi connectivity index (χ2v) is 4.70. The normalized spacial score (nSPS) is 23.1. The van der Waals surface area contributed by atoms with Gasteiger partial charge in [0.05, 0.1) is 6.61 Å². The zero-order valence-corrected chi connectivity index (χ0v) is 12.5. The molecule has 20 heavy (non-hydrogen) atoms. The fraction of sp³-hybridized carbons (Fsp3) is 0.833. The Bertz CT molecular complexity index is 329. The highest BCUT2D eigenvalue weighted by Crippen LogP contribution is 2.07. The molecule has 2 aliphatic heterocycles. The summed E-state index contributed by atoms with van der Waals surface area (Å²) in [7, 11) is 1.51. The highest BCUT2D eigenvalue weighted by molar-refractivity contribution is 5.85. The van der Waals surface area contributed by atoms with E-state index < -0.39 is 0 Å². The SMILES string of the molecule is COCC(=O)N1CCN(C(=O)C2CNCCO2)CC1.Cl. The van der Waals surface area contributed by atoms with E-state index in [1.807, 2.05) is 0 Å². The van der Waals surface area contributed by atoms with E-state index in [1.165, 1.54) is 7.11 Å². The summed E-state index contributed by atoms with van der Waals surface area (Å²) in [6, 6.07) is 0. The molecule has 0 radical (unpaired) electrons. The molecule has 1 atom stereocenters. The van der Waals surface area contributed by atoms with Gasteiger partial charge in [0.1, 0.15) is 12.7 Å². The third-order valence-corrected chi connectivity index (χ3v) is 3.41. The number of amides is 2. The van der Waals surface area contributed by atoms with Crippen LogP contribution in [-0.2, 0) is 19.1 Å². The van der Waals surface area contributed by atoms with Crippen LogP contribution in [0, 0.1) is 0 Å². The van der Waals surface area contributed by atoms with Crippen LogP contribution in [0.4, 0.5) is 0 Å². The minimum absolute atomic E-state index is 0. The number of ether oxygens (including phenoxy) is 2. The van der Waals surface area contributed by atoms with Crippen LogP contribution in [0.25, 0.3) is 0 Å². The number of methoxy groups -OCH3 is 1. The van der Waals surface area contributed by atoms with Crippen LogP contribution in [-0.4, -0.2) is 87.3 Å². The van der Waals surface area contributed by atoms with Crippen molar-refractivity contribution >= 4 is 24.2 Å². The number of nitrogens with zero attached hydrogens (tertiary/aromatic N) is 2. The highest BCUT2D eigenvalue weighted by atomic mass is 35.5. The number of carbonyl (C=O) groups excluding carboxylic acids is 2. The molecule has 0 aromatic rings. The van der Waals surface area contributed by atoms with E-state index in [2.05, 4.69) is 5.32 Å². The molecule has 1 unspecified atom stereocenters. The van der Waals surface area contributed by atoms with Gasteiger partial charge < -0.3 is 24.6 Å². The Balaban J connectivity index is 0.00000200. The third kappa shape index (κ3) is 4.31. The number of rotatable bonds is 3. The van der Waals surface area contributed by atoms with Crippen molar-refractivity contribution in [3.05, 3.63) is 0 Å². The van der Waals surface area contributed by atoms with Crippen molar-refractivity contribution in [1.29, 1.82) is 0 Å². The Morgan fingerprint density at radius 2 is 1.90 bits per heavy atom. The van der Waals surface area contributed by atoms with Gasteiger partial charge in [-0.1, -0.05) is 0 Å². The lowest BCUT2D eigenvalue weighted by molar-refractivity contribution is -0.150. The van der Waals surface area contributed by atoms with Crippen molar-refractivity contribution in [3.63, 3.8) is 0 Å². The first-order chi connectivity index (χ1) is 9.22. The summed E-state index contributed by atoms with van der Waals surface area (Å²) in [4.78, 5) is 27.3. The number of hydrogen-bond acceptors (Lipinski definition) is 5. The van der Waals surface area contributed by atoms with E-state index in [1.54, 1.807) is 9.80 Å². The zero-order valence-electron chi connectivity index (χ0n) is 11.7. The molecule has 0 aromatic heterocycles. The van der Waals surface area contributed by atoms with Gasteiger partial charge in [0.2, 0.25) is 5.91 Å². The van der Waals surface area contributed by atoms with Gasteiger partial charge in [0.15, 0.2) is 0 Å². The number of carbonyl (C=O) groups is 2. The predicted molar refractivity (Wildman–Crippen MR) is 74.9 cm³/mol. The number of morpholine rings is 1. The summed E-state index contributed by atoms with van der Waals surface area (Å²) in [5, 5.41) is 3.15. The lowest BCUT2D eigenvalue weighted by atomic mass is 10.2. The maximum atomic E-state index is 12.2. The summed E-state index contributed by atoms with van der Waals surface area (Å²) in [5.74, 6) is -0.00350. The fourth-order valence-electron chi connectivity index (χ4n) is 2.32. The lowest BCUT2D eigenvalue weighted by Gasteiger charge is -2.37. The first kappa shape index (κ1) is 17.2. The number of nitrogens with one attached hydrogen (secondary N) is 1. The molecule has 0 saturated carbocycles. The molecule has 2 fully saturated rings. The molecule has 1 N–H and O–H groups in total. The minimum atomic E-state index is -0.380. The molecular weight excluding hydrogens is 286 g/mol. The van der Waals surface area contributed by atoms with Crippen LogP contribution >= 0.6 is 12.4 Å². The van der Waals surface area contributed by atoms with Crippen LogP contribution in [0.5, 0.6) is 0 Å². The average Bonchev–Trinajstić information content (AvgIpc) is 2.48. The quantitative estimate of drug-likeness (QED) is 0.703. The maximum absolute atomic E-state index is 12.2. The van der Waals surface area contributed by atoms with Crippen LogP contribution in [0.2, 0.25) is 0 Å². The van der Waals surface area contributed by atoms with Crippen LogP contribution in [0.3, 0.4) is 0 Å². The van der Waals surface area contributed by atoms with E-state index in [0.717, 1.165) is 6.54 Å². The second-order valence-electron chi connectivity index (χ2n) is 4.70. The highest BCUT2D eigenvalue weighted by Gasteiger charge is 2.30. The molecule has 2 aliphatic rings. The Kier molecular flexibility index (Phi) is 7.22. The third-order valence-electron chi connectivity index (χ3n) is 3.41. The minimum Gasteiger partial charge on any atom is -0.375 e. The number of hydrogen-bond donors (Lipinski definition) is 1. The van der Waals surface area contributed by atoms with Crippen LogP contribution < -0.4 is 5.32 Å². The topological polar surface area (TPSA) is 71.1 Å². The molecule has 0 aromatic carbocycles. The smallest absolute Gasteiger partial charge is 0.253 e. The van der Waals surface area contributed by atoms with E-state index >= 15 is 0 Å². The number of halogens is 1. The van der Waals surface area contributed by atoms with Crippen LogP contribution in [0.15, 0.2) is 0 Å². The standard InChI is InChI=1S/C12H21N3O4.ClH/c1-18-9-11(16)14-3-5-15(6-4-14)12(17)10-8-13-2-7-19-10;/h10,13H,2-9H2,1H3;1H. The molecule has 2 amide bonds. The van der Waals surface area contributed by atoms with Gasteiger partial charge in [-0.05, 0) is 0 Å². The summed E-state index contributed by atoms with van der Waals surface area (Å²) >= 11 is 0. The van der Waals surface area contributed by atoms with Crippen molar-refractivity contribution in [2.75, 3.05) is 59.6 Å². The summed E-state index contributed by atoms with van der Waals surface area (Å²) in [6.45, 7) is 4.29. The number of piperazine rings is 1. The van der Waals surface area contributed by atoms with Crippen molar-refractivity contribution in [2.24, 2.45) is 0 Å². The summed E-state index contributed by atoms with van der Waals surface area (Å²) in [5.41, 5.74) is 0. The Labute approximate surface area is 125 Å². The van der Waals surface area contributed by atoms with Crippen molar-refractivity contribution in [2.45, 2.75) is 6.10 Å². The van der Waals surface area contributed by atoms with Gasteiger partial charge in [0, 0.05) is 46.4 Å². The monoisotopic (exact) mass is 307 g/mol. The van der Waals surface area contributed by atoms with Crippen molar-refractivity contribution in [3.8, 4) is 0 Å². The van der Waals surface area contributed by atoms with Gasteiger partial charge in [-0.2, -0.15) is 0 Å². The zero-order chi connectivity index (χ0) is 13.7. The summed E-state index contributed by atoms with van der Waals surface area (Å²) < 4.78 is 10.3. The molecule has 2 rings (SSSR count).